The van der Waals surface area contributed by atoms with Gasteiger partial charge >= 0.3 is 5.97 Å². The van der Waals surface area contributed by atoms with Crippen molar-refractivity contribution in [2.45, 2.75) is 19.3 Å². The summed E-state index contributed by atoms with van der Waals surface area (Å²) in [6, 6.07) is 0. The number of thiol groups is 1. The first kappa shape index (κ1) is 8.56. The topological polar surface area (TPSA) is 26.3 Å². The summed E-state index contributed by atoms with van der Waals surface area (Å²) < 4.78 is 4.63. The number of hydrogen-bond donors (Lipinski definition) is 1. The maximum absolute atomic E-state index is 10.5. The van der Waals surface area contributed by atoms with Crippen LogP contribution in [-0.2, 0) is 9.53 Å². The standard InChI is InChI=1S/C6H10O2S/c1-3-4-6(7)8-5(2)9/h3-5,9H,1-2H3. The van der Waals surface area contributed by atoms with Crippen LogP contribution in [-0.4, -0.2) is 11.4 Å². The smallest absolute Gasteiger partial charge is 0.331 e. The van der Waals surface area contributed by atoms with Crippen molar-refractivity contribution in [1.29, 1.82) is 0 Å². The number of esters is 1. The molecule has 0 saturated heterocycles. The number of carbonyl (C=O) groups is 1. The minimum absolute atomic E-state index is 0.325. The first-order chi connectivity index (χ1) is 4.16. The van der Waals surface area contributed by atoms with Crippen LogP contribution in [0, 0.1) is 0 Å². The molecule has 0 radical (unpaired) electrons. The van der Waals surface area contributed by atoms with Crippen LogP contribution in [0.1, 0.15) is 13.8 Å². The molecule has 0 aliphatic carbocycles. The third-order valence-corrected chi connectivity index (χ3v) is 0.695. The molecule has 0 saturated carbocycles. The molecule has 0 aliphatic rings. The molecular formula is C6H10O2S. The molecule has 0 bridgehead atoms. The Kier molecular flexibility index (Phi) is 4.22. The average Bonchev–Trinajstić information content (AvgIpc) is 1.63. The van der Waals surface area contributed by atoms with Gasteiger partial charge in [-0.3, -0.25) is 0 Å². The monoisotopic (exact) mass is 146 g/mol. The predicted octanol–water partition coefficient (Wildman–Crippen LogP) is 1.38. The second-order valence-electron chi connectivity index (χ2n) is 1.54. The van der Waals surface area contributed by atoms with E-state index in [0.717, 1.165) is 0 Å². The van der Waals surface area contributed by atoms with E-state index in [1.807, 2.05) is 0 Å². The molecule has 0 aromatic carbocycles. The molecule has 52 valence electrons. The van der Waals surface area contributed by atoms with Crippen molar-refractivity contribution < 1.29 is 9.53 Å². The van der Waals surface area contributed by atoms with E-state index < -0.39 is 0 Å². The molecule has 0 fully saturated rings. The first-order valence-corrected chi connectivity index (χ1v) is 3.20. The van der Waals surface area contributed by atoms with Crippen molar-refractivity contribution in [2.24, 2.45) is 0 Å². The second kappa shape index (κ2) is 4.44. The van der Waals surface area contributed by atoms with Crippen LogP contribution in [0.4, 0.5) is 0 Å². The zero-order chi connectivity index (χ0) is 7.28. The molecule has 0 aliphatic heterocycles. The van der Waals surface area contributed by atoms with Crippen molar-refractivity contribution in [2.75, 3.05) is 0 Å². The molecule has 0 aromatic rings. The van der Waals surface area contributed by atoms with Crippen LogP contribution < -0.4 is 0 Å². The number of carbonyl (C=O) groups excluding carboxylic acids is 1. The lowest BCUT2D eigenvalue weighted by molar-refractivity contribution is -0.138. The van der Waals surface area contributed by atoms with Crippen LogP contribution in [0.25, 0.3) is 0 Å². The van der Waals surface area contributed by atoms with Crippen molar-refractivity contribution in [3.63, 3.8) is 0 Å². The Morgan fingerprint density at radius 1 is 1.78 bits per heavy atom. The summed E-state index contributed by atoms with van der Waals surface area (Å²) >= 11 is 3.85. The van der Waals surface area contributed by atoms with Gasteiger partial charge in [-0.05, 0) is 13.8 Å². The van der Waals surface area contributed by atoms with Crippen LogP contribution in [0.15, 0.2) is 12.2 Å². The Bertz CT molecular complexity index is 118. The molecule has 0 spiro atoms. The molecular weight excluding hydrogens is 136 g/mol. The number of ether oxygens (including phenoxy) is 1. The van der Waals surface area contributed by atoms with Gasteiger partial charge in [-0.2, -0.15) is 0 Å². The third kappa shape index (κ3) is 5.43. The van der Waals surface area contributed by atoms with E-state index in [1.54, 1.807) is 19.9 Å². The molecule has 2 nitrogen and oxygen atoms in total. The van der Waals surface area contributed by atoms with Gasteiger partial charge in [-0.15, -0.1) is 12.6 Å². The zero-order valence-corrected chi connectivity index (χ0v) is 6.39. The fraction of sp³-hybridized carbons (Fsp3) is 0.500. The fourth-order valence-electron chi connectivity index (χ4n) is 0.343. The van der Waals surface area contributed by atoms with E-state index >= 15 is 0 Å². The Labute approximate surface area is 60.3 Å². The Hall–Kier alpha value is -0.440. The van der Waals surface area contributed by atoms with Crippen molar-refractivity contribution >= 4 is 18.6 Å². The lowest BCUT2D eigenvalue weighted by Gasteiger charge is -2.02. The van der Waals surface area contributed by atoms with Crippen molar-refractivity contribution in [1.82, 2.24) is 0 Å². The van der Waals surface area contributed by atoms with Crippen LogP contribution in [0.5, 0.6) is 0 Å². The highest BCUT2D eigenvalue weighted by molar-refractivity contribution is 7.80. The van der Waals surface area contributed by atoms with Gasteiger partial charge in [0.2, 0.25) is 0 Å². The summed E-state index contributed by atoms with van der Waals surface area (Å²) in [7, 11) is 0. The molecule has 0 aromatic heterocycles. The number of allylic oxidation sites excluding steroid dienone is 1. The highest BCUT2D eigenvalue weighted by atomic mass is 32.1. The average molecular weight is 146 g/mol. The van der Waals surface area contributed by atoms with Gasteiger partial charge in [-0.1, -0.05) is 6.08 Å². The maximum Gasteiger partial charge on any atom is 0.331 e. The minimum atomic E-state index is -0.347. The predicted molar refractivity (Wildman–Crippen MR) is 39.4 cm³/mol. The van der Waals surface area contributed by atoms with E-state index in [1.165, 1.54) is 6.08 Å². The third-order valence-electron chi connectivity index (χ3n) is 0.589. The highest BCUT2D eigenvalue weighted by Gasteiger charge is 1.98. The SMILES string of the molecule is CC=CC(=O)OC(C)S. The Morgan fingerprint density at radius 3 is 2.67 bits per heavy atom. The molecule has 3 heteroatoms. The Morgan fingerprint density at radius 2 is 2.33 bits per heavy atom. The van der Waals surface area contributed by atoms with E-state index in [-0.39, 0.29) is 11.4 Å². The maximum atomic E-state index is 10.5. The summed E-state index contributed by atoms with van der Waals surface area (Å²) in [5, 5.41) is 0. The normalized spacial score (nSPS) is 13.7. The van der Waals surface area contributed by atoms with Crippen molar-refractivity contribution in [3.05, 3.63) is 12.2 Å². The summed E-state index contributed by atoms with van der Waals surface area (Å²) in [5.41, 5.74) is -0.325. The largest absolute Gasteiger partial charge is 0.449 e. The van der Waals surface area contributed by atoms with Gasteiger partial charge in [0.05, 0.1) is 0 Å². The van der Waals surface area contributed by atoms with Crippen LogP contribution in [0.3, 0.4) is 0 Å². The first-order valence-electron chi connectivity index (χ1n) is 2.68. The van der Waals surface area contributed by atoms with E-state index in [2.05, 4.69) is 17.4 Å². The summed E-state index contributed by atoms with van der Waals surface area (Å²) in [6.45, 7) is 3.44. The lowest BCUT2D eigenvalue weighted by atomic mass is 10.5. The van der Waals surface area contributed by atoms with Gasteiger partial charge in [0.25, 0.3) is 0 Å². The highest BCUT2D eigenvalue weighted by Crippen LogP contribution is 1.95. The van der Waals surface area contributed by atoms with Crippen LogP contribution in [0.2, 0.25) is 0 Å². The molecule has 0 rings (SSSR count). The van der Waals surface area contributed by atoms with E-state index in [4.69, 9.17) is 0 Å². The molecule has 1 atom stereocenters. The van der Waals surface area contributed by atoms with Gasteiger partial charge in [0.1, 0.15) is 5.44 Å². The van der Waals surface area contributed by atoms with Gasteiger partial charge < -0.3 is 4.74 Å². The van der Waals surface area contributed by atoms with Gasteiger partial charge in [-0.25, -0.2) is 4.79 Å². The Balaban J connectivity index is 3.51. The molecule has 9 heavy (non-hydrogen) atoms. The molecule has 1 unspecified atom stereocenters. The second-order valence-corrected chi connectivity index (χ2v) is 2.26. The number of rotatable bonds is 2. The molecule has 0 amide bonds. The van der Waals surface area contributed by atoms with Gasteiger partial charge in [0.15, 0.2) is 0 Å². The summed E-state index contributed by atoms with van der Waals surface area (Å²) in [4.78, 5) is 10.5. The minimum Gasteiger partial charge on any atom is -0.449 e. The van der Waals surface area contributed by atoms with E-state index in [9.17, 15) is 4.79 Å². The quantitative estimate of drug-likeness (QED) is 0.276. The van der Waals surface area contributed by atoms with Crippen LogP contribution >= 0.6 is 12.6 Å². The van der Waals surface area contributed by atoms with Crippen molar-refractivity contribution in [3.8, 4) is 0 Å². The summed E-state index contributed by atoms with van der Waals surface area (Å²) in [5.74, 6) is -0.347. The molecule has 0 heterocycles. The number of hydrogen-bond acceptors (Lipinski definition) is 3. The molecule has 0 N–H and O–H groups in total. The zero-order valence-electron chi connectivity index (χ0n) is 5.50. The van der Waals surface area contributed by atoms with Gasteiger partial charge in [0, 0.05) is 6.08 Å². The van der Waals surface area contributed by atoms with E-state index in [0.29, 0.717) is 0 Å². The fourth-order valence-corrected chi connectivity index (χ4v) is 0.447. The summed E-state index contributed by atoms with van der Waals surface area (Å²) in [6.07, 6.45) is 2.98. The lowest BCUT2D eigenvalue weighted by Crippen LogP contribution is -2.05.